The van der Waals surface area contributed by atoms with Gasteiger partial charge in [-0.2, -0.15) is 0 Å². The molecule has 0 amide bonds. The Labute approximate surface area is 90.9 Å². The monoisotopic (exact) mass is 206 g/mol. The largest absolute Gasteiger partial charge is 0.508 e. The Bertz CT molecular complexity index is 277. The first-order valence-electron chi connectivity index (χ1n) is 5.54. The molecule has 1 aromatic rings. The average Bonchev–Trinajstić information content (AvgIpc) is 2.26. The molecule has 1 N–H and O–H groups in total. The molecule has 82 valence electrons. The molecule has 2 nitrogen and oxygen atoms in total. The van der Waals surface area contributed by atoms with Crippen molar-refractivity contribution in [3.8, 4) is 5.75 Å². The van der Waals surface area contributed by atoms with E-state index >= 15 is 0 Å². The lowest BCUT2D eigenvalue weighted by Gasteiger charge is -2.01. The number of rotatable bonds is 7. The topological polar surface area (TPSA) is 37.3 Å². The van der Waals surface area contributed by atoms with Crippen LogP contribution in [0.1, 0.15) is 37.7 Å². The Morgan fingerprint density at radius 1 is 1.00 bits per heavy atom. The highest BCUT2D eigenvalue weighted by molar-refractivity contribution is 5.48. The molecule has 1 aromatic carbocycles. The molecule has 0 saturated carbocycles. The third-order valence-electron chi connectivity index (χ3n) is 2.47. The lowest BCUT2D eigenvalue weighted by molar-refractivity contribution is -0.107. The second-order valence-corrected chi connectivity index (χ2v) is 3.79. The molecule has 0 aliphatic carbocycles. The van der Waals surface area contributed by atoms with Gasteiger partial charge in [0.25, 0.3) is 0 Å². The molecular weight excluding hydrogens is 188 g/mol. The van der Waals surface area contributed by atoms with E-state index in [0.717, 1.165) is 32.0 Å². The van der Waals surface area contributed by atoms with Crippen LogP contribution in [0.25, 0.3) is 0 Å². The molecule has 0 radical (unpaired) electrons. The molecule has 0 aliphatic heterocycles. The summed E-state index contributed by atoms with van der Waals surface area (Å²) in [5.41, 5.74) is 1.27. The van der Waals surface area contributed by atoms with E-state index in [-0.39, 0.29) is 0 Å². The number of carbonyl (C=O) groups is 1. The van der Waals surface area contributed by atoms with Gasteiger partial charge in [-0.1, -0.05) is 25.0 Å². The Morgan fingerprint density at radius 3 is 2.33 bits per heavy atom. The van der Waals surface area contributed by atoms with Gasteiger partial charge in [-0.3, -0.25) is 0 Å². The molecule has 0 spiro atoms. The zero-order chi connectivity index (χ0) is 10.9. The number of benzene rings is 1. The van der Waals surface area contributed by atoms with Crippen LogP contribution in [0.4, 0.5) is 0 Å². The van der Waals surface area contributed by atoms with Gasteiger partial charge in [0.2, 0.25) is 0 Å². The van der Waals surface area contributed by atoms with Crippen molar-refractivity contribution in [1.82, 2.24) is 0 Å². The van der Waals surface area contributed by atoms with E-state index in [0.29, 0.717) is 12.2 Å². The Morgan fingerprint density at radius 2 is 1.67 bits per heavy atom. The van der Waals surface area contributed by atoms with Crippen LogP contribution in [0, 0.1) is 0 Å². The molecular formula is C13H18O2. The van der Waals surface area contributed by atoms with E-state index in [4.69, 9.17) is 5.11 Å². The number of phenols is 1. The fraction of sp³-hybridized carbons (Fsp3) is 0.462. The summed E-state index contributed by atoms with van der Waals surface area (Å²) in [6.07, 6.45) is 7.22. The second-order valence-electron chi connectivity index (χ2n) is 3.79. The minimum atomic E-state index is 0.324. The van der Waals surface area contributed by atoms with Crippen LogP contribution >= 0.6 is 0 Å². The van der Waals surface area contributed by atoms with Crippen molar-refractivity contribution in [2.45, 2.75) is 38.5 Å². The van der Waals surface area contributed by atoms with Crippen LogP contribution < -0.4 is 0 Å². The maximum absolute atomic E-state index is 10.1. The van der Waals surface area contributed by atoms with Crippen LogP contribution in [0.3, 0.4) is 0 Å². The van der Waals surface area contributed by atoms with E-state index in [1.807, 2.05) is 12.1 Å². The molecule has 0 aliphatic rings. The smallest absolute Gasteiger partial charge is 0.119 e. The van der Waals surface area contributed by atoms with Gasteiger partial charge in [0.15, 0.2) is 0 Å². The van der Waals surface area contributed by atoms with E-state index in [2.05, 4.69) is 0 Å². The molecule has 0 atom stereocenters. The van der Waals surface area contributed by atoms with Crippen LogP contribution in [-0.4, -0.2) is 11.4 Å². The number of phenolic OH excluding ortho intramolecular Hbond substituents is 1. The number of unbranched alkanes of at least 4 members (excludes halogenated alkanes) is 4. The predicted octanol–water partition coefficient (Wildman–Crippen LogP) is 3.08. The number of carbonyl (C=O) groups excluding carboxylic acids is 1. The maximum Gasteiger partial charge on any atom is 0.119 e. The van der Waals surface area contributed by atoms with Gasteiger partial charge >= 0.3 is 0 Å². The van der Waals surface area contributed by atoms with Crippen molar-refractivity contribution in [2.24, 2.45) is 0 Å². The van der Waals surface area contributed by atoms with E-state index in [1.54, 1.807) is 12.1 Å². The third-order valence-corrected chi connectivity index (χ3v) is 2.47. The van der Waals surface area contributed by atoms with Gasteiger partial charge < -0.3 is 9.90 Å². The van der Waals surface area contributed by atoms with Crippen molar-refractivity contribution in [2.75, 3.05) is 0 Å². The summed E-state index contributed by atoms with van der Waals surface area (Å²) in [6, 6.07) is 7.37. The number of aldehydes is 1. The standard InChI is InChI=1S/C13H18O2/c14-11-5-3-1-2-4-6-12-7-9-13(15)10-8-12/h7-11,15H,1-6H2. The number of hydrogen-bond acceptors (Lipinski definition) is 2. The molecule has 1 rings (SSSR count). The van der Waals surface area contributed by atoms with Crippen LogP contribution in [-0.2, 0) is 11.2 Å². The average molecular weight is 206 g/mol. The van der Waals surface area contributed by atoms with E-state index in [1.165, 1.54) is 12.0 Å². The second kappa shape index (κ2) is 7.04. The molecule has 0 saturated heterocycles. The molecule has 0 fully saturated rings. The van der Waals surface area contributed by atoms with Crippen molar-refractivity contribution in [3.63, 3.8) is 0 Å². The van der Waals surface area contributed by atoms with Crippen LogP contribution in [0.5, 0.6) is 5.75 Å². The zero-order valence-electron chi connectivity index (χ0n) is 8.98. The van der Waals surface area contributed by atoms with Gasteiger partial charge in [0.1, 0.15) is 12.0 Å². The molecule has 0 aromatic heterocycles. The summed E-state index contributed by atoms with van der Waals surface area (Å²) < 4.78 is 0. The lowest BCUT2D eigenvalue weighted by Crippen LogP contribution is -1.86. The summed E-state index contributed by atoms with van der Waals surface area (Å²) in [4.78, 5) is 10.1. The highest BCUT2D eigenvalue weighted by Gasteiger charge is 1.94. The minimum absolute atomic E-state index is 0.324. The van der Waals surface area contributed by atoms with E-state index in [9.17, 15) is 4.79 Å². The SMILES string of the molecule is O=CCCCCCCc1ccc(O)cc1. The number of hydrogen-bond donors (Lipinski definition) is 1. The first-order valence-corrected chi connectivity index (χ1v) is 5.54. The summed E-state index contributed by atoms with van der Waals surface area (Å²) >= 11 is 0. The Kier molecular flexibility index (Phi) is 5.52. The first kappa shape index (κ1) is 11.8. The van der Waals surface area contributed by atoms with Crippen LogP contribution in [0.15, 0.2) is 24.3 Å². The summed E-state index contributed by atoms with van der Waals surface area (Å²) in [5.74, 6) is 0.324. The van der Waals surface area contributed by atoms with Gasteiger partial charge in [0, 0.05) is 6.42 Å². The van der Waals surface area contributed by atoms with Crippen molar-refractivity contribution < 1.29 is 9.90 Å². The quantitative estimate of drug-likeness (QED) is 0.550. The van der Waals surface area contributed by atoms with Gasteiger partial charge in [-0.05, 0) is 37.0 Å². The normalized spacial score (nSPS) is 10.1. The summed E-state index contributed by atoms with van der Waals surface area (Å²) in [6.45, 7) is 0. The minimum Gasteiger partial charge on any atom is -0.508 e. The Balaban J connectivity index is 2.09. The number of aromatic hydroxyl groups is 1. The lowest BCUT2D eigenvalue weighted by atomic mass is 10.1. The predicted molar refractivity (Wildman–Crippen MR) is 61.0 cm³/mol. The van der Waals surface area contributed by atoms with Crippen molar-refractivity contribution in [3.05, 3.63) is 29.8 Å². The zero-order valence-corrected chi connectivity index (χ0v) is 8.98. The van der Waals surface area contributed by atoms with E-state index < -0.39 is 0 Å². The molecule has 0 bridgehead atoms. The fourth-order valence-corrected chi connectivity index (χ4v) is 1.57. The molecule has 2 heteroatoms. The van der Waals surface area contributed by atoms with Gasteiger partial charge in [-0.15, -0.1) is 0 Å². The van der Waals surface area contributed by atoms with Crippen molar-refractivity contribution in [1.29, 1.82) is 0 Å². The molecule has 0 heterocycles. The summed E-state index contributed by atoms with van der Waals surface area (Å²) in [7, 11) is 0. The van der Waals surface area contributed by atoms with Crippen LogP contribution in [0.2, 0.25) is 0 Å². The summed E-state index contributed by atoms with van der Waals surface area (Å²) in [5, 5.41) is 9.09. The molecule has 15 heavy (non-hydrogen) atoms. The van der Waals surface area contributed by atoms with Gasteiger partial charge in [-0.25, -0.2) is 0 Å². The highest BCUT2D eigenvalue weighted by atomic mass is 16.3. The third kappa shape index (κ3) is 5.21. The van der Waals surface area contributed by atoms with Gasteiger partial charge in [0.05, 0.1) is 0 Å². The highest BCUT2D eigenvalue weighted by Crippen LogP contribution is 2.12. The molecule has 0 unspecified atom stereocenters. The van der Waals surface area contributed by atoms with Crippen molar-refractivity contribution >= 4 is 6.29 Å². The first-order chi connectivity index (χ1) is 7.33. The fourth-order valence-electron chi connectivity index (χ4n) is 1.57. The number of aryl methyl sites for hydroxylation is 1. The maximum atomic E-state index is 10.1. The Hall–Kier alpha value is -1.31.